The highest BCUT2D eigenvalue weighted by atomic mass is 16.5. The maximum atomic E-state index is 13.4. The minimum atomic E-state index is -0.677. The van der Waals surface area contributed by atoms with E-state index in [1.54, 1.807) is 19.2 Å². The number of likely N-dealkylation sites (tertiary alicyclic amines) is 1. The van der Waals surface area contributed by atoms with E-state index in [1.807, 2.05) is 53.4 Å². The van der Waals surface area contributed by atoms with Gasteiger partial charge in [-0.05, 0) is 42.7 Å². The van der Waals surface area contributed by atoms with E-state index in [4.69, 9.17) is 15.2 Å². The van der Waals surface area contributed by atoms with Crippen LogP contribution in [0.1, 0.15) is 30.9 Å². The Morgan fingerprint density at radius 1 is 1.06 bits per heavy atom. The third kappa shape index (κ3) is 3.93. The smallest absolute Gasteiger partial charge is 0.270 e. The summed E-state index contributed by atoms with van der Waals surface area (Å²) in [6, 6.07) is 14.2. The normalized spacial score (nSPS) is 20.5. The first-order chi connectivity index (χ1) is 15.0. The molecule has 1 fully saturated rings. The highest BCUT2D eigenvalue weighted by molar-refractivity contribution is 6.40. The Morgan fingerprint density at radius 3 is 2.48 bits per heavy atom. The van der Waals surface area contributed by atoms with Gasteiger partial charge in [0.2, 0.25) is 5.91 Å². The quantitative estimate of drug-likeness (QED) is 0.771. The highest BCUT2D eigenvalue weighted by Crippen LogP contribution is 2.37. The maximum absolute atomic E-state index is 13.4. The van der Waals surface area contributed by atoms with Gasteiger partial charge in [0, 0.05) is 13.0 Å². The summed E-state index contributed by atoms with van der Waals surface area (Å²) in [5.41, 5.74) is 7.67. The number of para-hydroxylation sites is 1. The molecule has 2 aromatic carbocycles. The van der Waals surface area contributed by atoms with Crippen LogP contribution in [0.5, 0.6) is 11.5 Å². The minimum absolute atomic E-state index is 0.0900. The van der Waals surface area contributed by atoms with Crippen LogP contribution in [0.25, 0.3) is 0 Å². The fourth-order valence-corrected chi connectivity index (χ4v) is 4.26. The molecular formula is C23H26N4O4. The van der Waals surface area contributed by atoms with Gasteiger partial charge in [0.15, 0.2) is 11.5 Å². The lowest BCUT2D eigenvalue weighted by Gasteiger charge is -2.25. The van der Waals surface area contributed by atoms with Crippen molar-refractivity contribution in [1.82, 2.24) is 4.90 Å². The lowest BCUT2D eigenvalue weighted by Crippen LogP contribution is -2.40. The van der Waals surface area contributed by atoms with Gasteiger partial charge in [0.1, 0.15) is 11.8 Å². The first-order valence-electron chi connectivity index (χ1n) is 10.3. The zero-order valence-electron chi connectivity index (χ0n) is 17.7. The average Bonchev–Trinajstić information content (AvgIpc) is 3.46. The number of ether oxygens (including phenoxy) is 2. The number of methoxy groups -OCH3 is 2. The van der Waals surface area contributed by atoms with Crippen molar-refractivity contribution in [3.63, 3.8) is 0 Å². The summed E-state index contributed by atoms with van der Waals surface area (Å²) in [6.45, 7) is 0.628. The summed E-state index contributed by atoms with van der Waals surface area (Å²) < 4.78 is 10.7. The van der Waals surface area contributed by atoms with Crippen molar-refractivity contribution in [2.75, 3.05) is 25.8 Å². The molecule has 2 atom stereocenters. The Hall–Kier alpha value is -3.55. The topological polar surface area (TPSA) is 97.5 Å². The molecule has 0 saturated carbocycles. The molecule has 0 spiro atoms. The monoisotopic (exact) mass is 422 g/mol. The van der Waals surface area contributed by atoms with Crippen molar-refractivity contribution in [1.29, 1.82) is 0 Å². The molecule has 4 rings (SSSR count). The number of hydrogen-bond donors (Lipinski definition) is 1. The van der Waals surface area contributed by atoms with Crippen molar-refractivity contribution >= 4 is 23.2 Å². The third-order valence-electron chi connectivity index (χ3n) is 5.81. The van der Waals surface area contributed by atoms with Crippen molar-refractivity contribution < 1.29 is 19.1 Å². The third-order valence-corrected chi connectivity index (χ3v) is 5.81. The summed E-state index contributed by atoms with van der Waals surface area (Å²) in [4.78, 5) is 27.3. The van der Waals surface area contributed by atoms with E-state index in [0.717, 1.165) is 24.1 Å². The van der Waals surface area contributed by atoms with Crippen LogP contribution < -0.4 is 20.2 Å². The number of amides is 2. The number of benzene rings is 2. The highest BCUT2D eigenvalue weighted by Gasteiger charge is 2.39. The van der Waals surface area contributed by atoms with Gasteiger partial charge in [0.05, 0.1) is 25.9 Å². The Morgan fingerprint density at radius 2 is 1.81 bits per heavy atom. The largest absolute Gasteiger partial charge is 0.493 e. The molecule has 2 aliphatic rings. The average molecular weight is 422 g/mol. The zero-order valence-corrected chi connectivity index (χ0v) is 17.7. The molecular weight excluding hydrogens is 396 g/mol. The summed E-state index contributed by atoms with van der Waals surface area (Å²) in [5, 5.41) is 6.06. The van der Waals surface area contributed by atoms with Crippen LogP contribution in [0.15, 0.2) is 53.6 Å². The summed E-state index contributed by atoms with van der Waals surface area (Å²) in [7, 11) is 3.18. The van der Waals surface area contributed by atoms with Crippen LogP contribution in [0, 0.1) is 0 Å². The molecule has 0 aromatic heterocycles. The van der Waals surface area contributed by atoms with E-state index in [9.17, 15) is 9.59 Å². The van der Waals surface area contributed by atoms with Gasteiger partial charge in [-0.3, -0.25) is 14.6 Å². The second kappa shape index (κ2) is 8.67. The SMILES string of the molecule is COc1ccc([C@@H]2CCCN2C(=O)C2=NN(c3ccccc3)[C@@H](C(N)=O)C2)cc1OC. The van der Waals surface area contributed by atoms with Crippen LogP contribution in [-0.2, 0) is 9.59 Å². The van der Waals surface area contributed by atoms with E-state index in [-0.39, 0.29) is 18.4 Å². The minimum Gasteiger partial charge on any atom is -0.493 e. The van der Waals surface area contributed by atoms with Crippen molar-refractivity contribution in [3.8, 4) is 11.5 Å². The van der Waals surface area contributed by atoms with E-state index >= 15 is 0 Å². The molecule has 2 aromatic rings. The number of hydrazone groups is 1. The molecule has 8 nitrogen and oxygen atoms in total. The zero-order chi connectivity index (χ0) is 22.0. The Kier molecular flexibility index (Phi) is 5.79. The predicted octanol–water partition coefficient (Wildman–Crippen LogP) is 2.49. The Bertz CT molecular complexity index is 1010. The molecule has 0 bridgehead atoms. The van der Waals surface area contributed by atoms with Crippen LogP contribution in [0.3, 0.4) is 0 Å². The molecule has 1 saturated heterocycles. The molecule has 162 valence electrons. The van der Waals surface area contributed by atoms with Gasteiger partial charge in [-0.25, -0.2) is 0 Å². The van der Waals surface area contributed by atoms with Gasteiger partial charge in [-0.2, -0.15) is 5.10 Å². The fourth-order valence-electron chi connectivity index (χ4n) is 4.26. The van der Waals surface area contributed by atoms with Crippen molar-refractivity contribution in [3.05, 3.63) is 54.1 Å². The summed E-state index contributed by atoms with van der Waals surface area (Å²) >= 11 is 0. The Labute approximate surface area is 181 Å². The van der Waals surface area contributed by atoms with E-state index in [2.05, 4.69) is 5.10 Å². The second-order valence-corrected chi connectivity index (χ2v) is 7.62. The molecule has 2 amide bonds. The molecule has 31 heavy (non-hydrogen) atoms. The number of anilines is 1. The Balaban J connectivity index is 1.60. The van der Waals surface area contributed by atoms with E-state index < -0.39 is 11.9 Å². The second-order valence-electron chi connectivity index (χ2n) is 7.62. The lowest BCUT2D eigenvalue weighted by atomic mass is 10.0. The standard InChI is InChI=1S/C23H26N4O4/c1-30-20-11-10-15(13-21(20)31-2)18-9-6-12-26(18)23(29)17-14-19(22(24)28)27(25-17)16-7-4-3-5-8-16/h3-5,7-8,10-11,13,18-19H,6,9,12,14H2,1-2H3,(H2,24,28)/t18-,19+/m0/s1. The number of nitrogens with zero attached hydrogens (tertiary/aromatic N) is 3. The molecule has 2 heterocycles. The first kappa shape index (κ1) is 20.7. The van der Waals surface area contributed by atoms with Gasteiger partial charge >= 0.3 is 0 Å². The van der Waals surface area contributed by atoms with Gasteiger partial charge in [-0.15, -0.1) is 0 Å². The number of nitrogens with two attached hydrogens (primary N) is 1. The molecule has 8 heteroatoms. The number of rotatable bonds is 6. The van der Waals surface area contributed by atoms with Gasteiger partial charge in [0.25, 0.3) is 5.91 Å². The molecule has 2 aliphatic heterocycles. The summed E-state index contributed by atoms with van der Waals surface area (Å²) in [5.74, 6) is 0.599. The maximum Gasteiger partial charge on any atom is 0.270 e. The fraction of sp³-hybridized carbons (Fsp3) is 0.348. The first-order valence-corrected chi connectivity index (χ1v) is 10.3. The van der Waals surface area contributed by atoms with Crippen LogP contribution in [0.4, 0.5) is 5.69 Å². The predicted molar refractivity (Wildman–Crippen MR) is 117 cm³/mol. The molecule has 0 radical (unpaired) electrons. The molecule has 0 aliphatic carbocycles. The van der Waals surface area contributed by atoms with Gasteiger partial charge < -0.3 is 20.1 Å². The van der Waals surface area contributed by atoms with Crippen LogP contribution >= 0.6 is 0 Å². The lowest BCUT2D eigenvalue weighted by molar-refractivity contribution is -0.125. The number of primary amides is 1. The molecule has 2 N–H and O–H groups in total. The molecule has 0 unspecified atom stereocenters. The van der Waals surface area contributed by atoms with Crippen LogP contribution in [-0.4, -0.2) is 49.2 Å². The number of carbonyl (C=O) groups is 2. The number of hydrogen-bond acceptors (Lipinski definition) is 6. The number of carbonyl (C=O) groups excluding carboxylic acids is 2. The van der Waals surface area contributed by atoms with Crippen molar-refractivity contribution in [2.45, 2.75) is 31.3 Å². The summed E-state index contributed by atoms with van der Waals surface area (Å²) in [6.07, 6.45) is 1.92. The van der Waals surface area contributed by atoms with E-state index in [1.165, 1.54) is 0 Å². The van der Waals surface area contributed by atoms with Crippen LogP contribution in [0.2, 0.25) is 0 Å². The van der Waals surface area contributed by atoms with Gasteiger partial charge in [-0.1, -0.05) is 24.3 Å². The van der Waals surface area contributed by atoms with Crippen molar-refractivity contribution in [2.24, 2.45) is 10.8 Å². The van der Waals surface area contributed by atoms with E-state index in [0.29, 0.717) is 23.8 Å².